The molecule has 3 rings (SSSR count). The number of aryl methyl sites for hydroxylation is 1. The van der Waals surface area contributed by atoms with E-state index in [1.807, 2.05) is 62.4 Å². The molecule has 0 radical (unpaired) electrons. The summed E-state index contributed by atoms with van der Waals surface area (Å²) >= 11 is 3.42. The van der Waals surface area contributed by atoms with Crippen LogP contribution in [-0.4, -0.2) is 15.7 Å². The van der Waals surface area contributed by atoms with E-state index in [-0.39, 0.29) is 5.91 Å². The van der Waals surface area contributed by atoms with E-state index in [1.165, 1.54) is 5.56 Å². The summed E-state index contributed by atoms with van der Waals surface area (Å²) in [5.74, 6) is -0.114. The van der Waals surface area contributed by atoms with Gasteiger partial charge in [0.2, 0.25) is 0 Å². The smallest absolute Gasteiger partial charge is 0.255 e. The maximum Gasteiger partial charge on any atom is 0.255 e. The summed E-state index contributed by atoms with van der Waals surface area (Å²) in [6.07, 6.45) is 1.61. The van der Waals surface area contributed by atoms with Crippen molar-refractivity contribution in [3.05, 3.63) is 81.6 Å². The molecule has 0 saturated heterocycles. The molecule has 24 heavy (non-hydrogen) atoms. The highest BCUT2D eigenvalue weighted by Crippen LogP contribution is 2.17. The van der Waals surface area contributed by atoms with E-state index in [0.717, 1.165) is 21.4 Å². The van der Waals surface area contributed by atoms with Gasteiger partial charge in [0.15, 0.2) is 0 Å². The molecule has 0 unspecified atom stereocenters. The molecule has 122 valence electrons. The first-order chi connectivity index (χ1) is 11.5. The van der Waals surface area contributed by atoms with Crippen LogP contribution in [0, 0.1) is 13.8 Å². The molecule has 3 aromatic rings. The highest BCUT2D eigenvalue weighted by Gasteiger charge is 2.14. The molecular weight excluding hydrogens is 366 g/mol. The number of nitrogens with one attached hydrogen (secondary N) is 1. The van der Waals surface area contributed by atoms with Crippen LogP contribution in [0.5, 0.6) is 0 Å². The first-order valence-corrected chi connectivity index (χ1v) is 8.48. The Labute approximate surface area is 149 Å². The lowest BCUT2D eigenvalue weighted by Crippen LogP contribution is -2.23. The minimum Gasteiger partial charge on any atom is -0.348 e. The topological polar surface area (TPSA) is 46.9 Å². The zero-order valence-electron chi connectivity index (χ0n) is 13.6. The van der Waals surface area contributed by atoms with Crippen molar-refractivity contribution in [3.8, 4) is 5.69 Å². The van der Waals surface area contributed by atoms with Crippen LogP contribution in [0.25, 0.3) is 5.69 Å². The second-order valence-corrected chi connectivity index (χ2v) is 6.62. The highest BCUT2D eigenvalue weighted by atomic mass is 79.9. The van der Waals surface area contributed by atoms with Crippen LogP contribution in [0.2, 0.25) is 0 Å². The van der Waals surface area contributed by atoms with Gasteiger partial charge in [0.05, 0.1) is 23.1 Å². The van der Waals surface area contributed by atoms with Crippen LogP contribution in [0.15, 0.2) is 59.2 Å². The second kappa shape index (κ2) is 7.01. The van der Waals surface area contributed by atoms with Gasteiger partial charge in [0.1, 0.15) is 0 Å². The van der Waals surface area contributed by atoms with E-state index in [4.69, 9.17) is 0 Å². The molecule has 2 aromatic carbocycles. The fraction of sp³-hybridized carbons (Fsp3) is 0.158. The molecule has 1 aromatic heterocycles. The Balaban J connectivity index is 1.74. The first kappa shape index (κ1) is 16.5. The van der Waals surface area contributed by atoms with Crippen molar-refractivity contribution in [2.45, 2.75) is 20.4 Å². The van der Waals surface area contributed by atoms with Gasteiger partial charge >= 0.3 is 0 Å². The summed E-state index contributed by atoms with van der Waals surface area (Å²) in [5, 5.41) is 7.29. The monoisotopic (exact) mass is 383 g/mol. The minimum atomic E-state index is -0.114. The number of aromatic nitrogens is 2. The molecule has 1 heterocycles. The van der Waals surface area contributed by atoms with Gasteiger partial charge in [0.25, 0.3) is 5.91 Å². The fourth-order valence-corrected chi connectivity index (χ4v) is 2.72. The van der Waals surface area contributed by atoms with E-state index < -0.39 is 0 Å². The SMILES string of the molecule is Cc1ccc(CNC(=O)c2cnn(-c3ccc(Br)cc3)c2C)cc1. The average Bonchev–Trinajstić information content (AvgIpc) is 2.96. The second-order valence-electron chi connectivity index (χ2n) is 5.70. The molecule has 0 fully saturated rings. The fourth-order valence-electron chi connectivity index (χ4n) is 2.46. The third-order valence-electron chi connectivity index (χ3n) is 3.90. The standard InChI is InChI=1S/C19H18BrN3O/c1-13-3-5-15(6-4-13)11-21-19(24)18-12-22-23(14(18)2)17-9-7-16(20)8-10-17/h3-10,12H,11H2,1-2H3,(H,21,24). The number of halogens is 1. The number of benzene rings is 2. The van der Waals surface area contributed by atoms with Gasteiger partial charge in [-0.3, -0.25) is 4.79 Å². The number of hydrogen-bond donors (Lipinski definition) is 1. The van der Waals surface area contributed by atoms with Crippen LogP contribution < -0.4 is 5.32 Å². The number of hydrogen-bond acceptors (Lipinski definition) is 2. The first-order valence-electron chi connectivity index (χ1n) is 7.69. The summed E-state index contributed by atoms with van der Waals surface area (Å²) < 4.78 is 2.78. The molecule has 1 N–H and O–H groups in total. The number of nitrogens with zero attached hydrogens (tertiary/aromatic N) is 2. The number of carbonyl (C=O) groups is 1. The average molecular weight is 384 g/mol. The van der Waals surface area contributed by atoms with Crippen LogP contribution in [0.3, 0.4) is 0 Å². The van der Waals surface area contributed by atoms with Crippen molar-refractivity contribution < 1.29 is 4.79 Å². The molecule has 0 aliphatic carbocycles. The molecule has 0 atom stereocenters. The molecule has 5 heteroatoms. The van der Waals surface area contributed by atoms with Crippen molar-refractivity contribution in [1.82, 2.24) is 15.1 Å². The van der Waals surface area contributed by atoms with Crippen LogP contribution >= 0.6 is 15.9 Å². The Morgan fingerprint density at radius 3 is 2.42 bits per heavy atom. The lowest BCUT2D eigenvalue weighted by atomic mass is 10.1. The Morgan fingerprint density at radius 1 is 1.08 bits per heavy atom. The van der Waals surface area contributed by atoms with E-state index in [2.05, 4.69) is 26.3 Å². The maximum absolute atomic E-state index is 12.4. The highest BCUT2D eigenvalue weighted by molar-refractivity contribution is 9.10. The van der Waals surface area contributed by atoms with Crippen molar-refractivity contribution in [2.75, 3.05) is 0 Å². The Bertz CT molecular complexity index is 851. The molecule has 0 spiro atoms. The van der Waals surface area contributed by atoms with Crippen LogP contribution in [0.4, 0.5) is 0 Å². The van der Waals surface area contributed by atoms with Gasteiger partial charge < -0.3 is 5.32 Å². The third kappa shape index (κ3) is 3.57. The van der Waals surface area contributed by atoms with Gasteiger partial charge in [-0.25, -0.2) is 4.68 Å². The van der Waals surface area contributed by atoms with Crippen molar-refractivity contribution in [1.29, 1.82) is 0 Å². The van der Waals surface area contributed by atoms with E-state index in [9.17, 15) is 4.79 Å². The lowest BCUT2D eigenvalue weighted by Gasteiger charge is -2.07. The molecular formula is C19H18BrN3O. The summed E-state index contributed by atoms with van der Waals surface area (Å²) in [5.41, 5.74) is 4.61. The molecule has 4 nitrogen and oxygen atoms in total. The Kier molecular flexibility index (Phi) is 4.81. The number of amides is 1. The Hall–Kier alpha value is -2.40. The molecule has 0 aliphatic heterocycles. The van der Waals surface area contributed by atoms with Gasteiger partial charge in [-0.2, -0.15) is 5.10 Å². The van der Waals surface area contributed by atoms with Crippen molar-refractivity contribution in [2.24, 2.45) is 0 Å². The minimum absolute atomic E-state index is 0.114. The lowest BCUT2D eigenvalue weighted by molar-refractivity contribution is 0.0950. The van der Waals surface area contributed by atoms with Crippen LogP contribution in [-0.2, 0) is 6.54 Å². The van der Waals surface area contributed by atoms with Gasteiger partial charge in [-0.05, 0) is 43.7 Å². The summed E-state index contributed by atoms with van der Waals surface area (Å²) in [6, 6.07) is 15.9. The zero-order chi connectivity index (χ0) is 17.1. The largest absolute Gasteiger partial charge is 0.348 e. The maximum atomic E-state index is 12.4. The normalized spacial score (nSPS) is 10.6. The van der Waals surface area contributed by atoms with E-state index in [0.29, 0.717) is 12.1 Å². The van der Waals surface area contributed by atoms with Gasteiger partial charge in [-0.1, -0.05) is 45.8 Å². The third-order valence-corrected chi connectivity index (χ3v) is 4.43. The molecule has 0 aliphatic rings. The molecule has 1 amide bonds. The summed E-state index contributed by atoms with van der Waals surface area (Å²) in [7, 11) is 0. The van der Waals surface area contributed by atoms with E-state index >= 15 is 0 Å². The van der Waals surface area contributed by atoms with Crippen molar-refractivity contribution >= 4 is 21.8 Å². The van der Waals surface area contributed by atoms with Gasteiger partial charge in [-0.15, -0.1) is 0 Å². The zero-order valence-corrected chi connectivity index (χ0v) is 15.2. The molecule has 0 bridgehead atoms. The predicted molar refractivity (Wildman–Crippen MR) is 98.4 cm³/mol. The van der Waals surface area contributed by atoms with Crippen LogP contribution in [0.1, 0.15) is 27.2 Å². The van der Waals surface area contributed by atoms with Gasteiger partial charge in [0, 0.05) is 11.0 Å². The van der Waals surface area contributed by atoms with E-state index in [1.54, 1.807) is 10.9 Å². The predicted octanol–water partition coefficient (Wildman–Crippen LogP) is 4.18. The Morgan fingerprint density at radius 2 is 1.75 bits per heavy atom. The summed E-state index contributed by atoms with van der Waals surface area (Å²) in [6.45, 7) is 4.44. The molecule has 0 saturated carbocycles. The number of rotatable bonds is 4. The quantitative estimate of drug-likeness (QED) is 0.734. The summed E-state index contributed by atoms with van der Waals surface area (Å²) in [4.78, 5) is 12.4. The number of carbonyl (C=O) groups excluding carboxylic acids is 1. The van der Waals surface area contributed by atoms with Crippen molar-refractivity contribution in [3.63, 3.8) is 0 Å².